The summed E-state index contributed by atoms with van der Waals surface area (Å²) in [7, 11) is -3.30. The normalized spacial score (nSPS) is 13.7. The molecule has 1 heterocycles. The van der Waals surface area contributed by atoms with Crippen LogP contribution in [-0.4, -0.2) is 24.6 Å². The van der Waals surface area contributed by atoms with Gasteiger partial charge in [0.25, 0.3) is 5.56 Å². The summed E-state index contributed by atoms with van der Waals surface area (Å²) in [6.45, 7) is 3.24. The molecule has 0 amide bonds. The van der Waals surface area contributed by atoms with Gasteiger partial charge in [0.05, 0.1) is 5.56 Å². The van der Waals surface area contributed by atoms with Crippen LogP contribution in [0.15, 0.2) is 4.79 Å². The van der Waals surface area contributed by atoms with Gasteiger partial charge in [-0.1, -0.05) is 6.92 Å². The molecular weight excluding hydrogens is 230 g/mol. The molecule has 0 fully saturated rings. The Balaban J connectivity index is 3.35. The first kappa shape index (κ1) is 12.7. The van der Waals surface area contributed by atoms with E-state index in [1.807, 2.05) is 0 Å². The van der Waals surface area contributed by atoms with Crippen molar-refractivity contribution in [3.8, 4) is 0 Å². The van der Waals surface area contributed by atoms with Gasteiger partial charge in [-0.15, -0.1) is 0 Å². The average Bonchev–Trinajstić information content (AvgIpc) is 2.14. The van der Waals surface area contributed by atoms with Gasteiger partial charge < -0.3 is 10.7 Å². The van der Waals surface area contributed by atoms with Gasteiger partial charge in [-0.3, -0.25) is 4.79 Å². The van der Waals surface area contributed by atoms with Crippen LogP contribution < -0.4 is 11.3 Å². The molecule has 7 heteroatoms. The molecule has 0 radical (unpaired) electrons. The van der Waals surface area contributed by atoms with Gasteiger partial charge in [-0.25, -0.2) is 13.4 Å². The molecule has 3 N–H and O–H groups in total. The lowest BCUT2D eigenvalue weighted by molar-refractivity contribution is 0.589. The zero-order valence-electron chi connectivity index (χ0n) is 9.44. The monoisotopic (exact) mass is 245 g/mol. The molecule has 1 rings (SSSR count). The number of nitrogens with two attached hydrogens (primary N) is 1. The molecule has 0 aliphatic heterocycles. The third kappa shape index (κ3) is 2.41. The number of hydrogen-bond acceptors (Lipinski definition) is 5. The Kier molecular flexibility index (Phi) is 3.37. The van der Waals surface area contributed by atoms with Crippen molar-refractivity contribution in [3.05, 3.63) is 21.7 Å². The van der Waals surface area contributed by atoms with Gasteiger partial charge >= 0.3 is 0 Å². The van der Waals surface area contributed by atoms with Crippen molar-refractivity contribution < 1.29 is 8.42 Å². The van der Waals surface area contributed by atoms with Crippen LogP contribution in [0.5, 0.6) is 0 Å². The minimum Gasteiger partial charge on any atom is -0.383 e. The number of nitrogens with zero attached hydrogens (tertiary/aromatic N) is 1. The van der Waals surface area contributed by atoms with E-state index in [-0.39, 0.29) is 17.2 Å². The number of nitrogens with one attached hydrogen (secondary N) is 1. The third-order valence-electron chi connectivity index (χ3n) is 2.45. The maximum Gasteiger partial charge on any atom is 0.256 e. The van der Waals surface area contributed by atoms with Gasteiger partial charge in [0.2, 0.25) is 0 Å². The Morgan fingerprint density at radius 1 is 1.50 bits per heavy atom. The van der Waals surface area contributed by atoms with E-state index in [1.165, 1.54) is 6.92 Å². The topological polar surface area (TPSA) is 106 Å². The highest BCUT2D eigenvalue weighted by atomic mass is 32.2. The molecule has 0 saturated carbocycles. The van der Waals surface area contributed by atoms with Crippen molar-refractivity contribution in [3.63, 3.8) is 0 Å². The summed E-state index contributed by atoms with van der Waals surface area (Å²) in [5.41, 5.74) is 5.59. The maximum absolute atomic E-state index is 11.6. The molecule has 90 valence electrons. The molecule has 0 aromatic carbocycles. The second kappa shape index (κ2) is 4.25. The van der Waals surface area contributed by atoms with Gasteiger partial charge in [-0.05, 0) is 13.3 Å². The first-order valence-corrected chi connectivity index (χ1v) is 6.80. The lowest BCUT2D eigenvalue weighted by Gasteiger charge is -2.10. The summed E-state index contributed by atoms with van der Waals surface area (Å²) < 4.78 is 22.6. The van der Waals surface area contributed by atoms with Crippen LogP contribution in [0.3, 0.4) is 0 Å². The Hall–Kier alpha value is -1.37. The standard InChI is InChI=1S/C9H15N3O3S/c1-4-6-7(10)11-8(12-9(6)13)5(2)16(3,14)15/h5H,4H2,1-3H3,(H3,10,11,12,13). The summed E-state index contributed by atoms with van der Waals surface area (Å²) in [5.74, 6) is 0.180. The van der Waals surface area contributed by atoms with Crippen molar-refractivity contribution >= 4 is 15.7 Å². The Morgan fingerprint density at radius 3 is 2.44 bits per heavy atom. The molecule has 0 bridgehead atoms. The van der Waals surface area contributed by atoms with E-state index in [9.17, 15) is 13.2 Å². The molecule has 0 spiro atoms. The highest BCUT2D eigenvalue weighted by Crippen LogP contribution is 2.17. The summed E-state index contributed by atoms with van der Waals surface area (Å²) in [6, 6.07) is 0. The number of rotatable bonds is 3. The molecule has 6 nitrogen and oxygen atoms in total. The van der Waals surface area contributed by atoms with Crippen LogP contribution in [0, 0.1) is 0 Å². The number of hydrogen-bond donors (Lipinski definition) is 2. The molecule has 1 aromatic rings. The van der Waals surface area contributed by atoms with Gasteiger partial charge in [0.1, 0.15) is 16.9 Å². The summed E-state index contributed by atoms with van der Waals surface area (Å²) in [6.07, 6.45) is 1.54. The zero-order valence-corrected chi connectivity index (χ0v) is 10.3. The molecule has 16 heavy (non-hydrogen) atoms. The third-order valence-corrected chi connectivity index (χ3v) is 3.95. The first-order valence-electron chi connectivity index (χ1n) is 4.84. The minimum atomic E-state index is -3.30. The summed E-state index contributed by atoms with van der Waals surface area (Å²) in [4.78, 5) is 17.9. The van der Waals surface area contributed by atoms with Crippen molar-refractivity contribution in [1.82, 2.24) is 9.97 Å². The molecule has 1 atom stereocenters. The summed E-state index contributed by atoms with van der Waals surface area (Å²) >= 11 is 0. The molecule has 1 unspecified atom stereocenters. The predicted octanol–water partition coefficient (Wildman–Crippen LogP) is 0.0201. The molecule has 0 saturated heterocycles. The number of aromatic amines is 1. The smallest absolute Gasteiger partial charge is 0.256 e. The van der Waals surface area contributed by atoms with E-state index in [2.05, 4.69) is 9.97 Å². The number of sulfone groups is 1. The van der Waals surface area contributed by atoms with Crippen LogP contribution in [0.4, 0.5) is 5.82 Å². The second-order valence-corrected chi connectivity index (χ2v) is 6.01. The lowest BCUT2D eigenvalue weighted by atomic mass is 10.2. The summed E-state index contributed by atoms with van der Waals surface area (Å²) in [5, 5.41) is -0.867. The van der Waals surface area contributed by atoms with Crippen LogP contribution in [0.1, 0.15) is 30.5 Å². The minimum absolute atomic E-state index is 0.0854. The van der Waals surface area contributed by atoms with Crippen LogP contribution >= 0.6 is 0 Å². The Bertz CT molecular complexity index is 548. The number of nitrogen functional groups attached to an aromatic ring is 1. The van der Waals surface area contributed by atoms with Gasteiger partial charge in [-0.2, -0.15) is 0 Å². The number of aromatic nitrogens is 2. The largest absolute Gasteiger partial charge is 0.383 e. The molecule has 0 aliphatic rings. The van der Waals surface area contributed by atoms with Crippen molar-refractivity contribution in [2.45, 2.75) is 25.5 Å². The van der Waals surface area contributed by atoms with E-state index < -0.39 is 15.1 Å². The second-order valence-electron chi connectivity index (χ2n) is 3.64. The SMILES string of the molecule is CCc1c(N)nc(C(C)S(C)(=O)=O)[nH]c1=O. The Morgan fingerprint density at radius 2 is 2.06 bits per heavy atom. The van der Waals surface area contributed by atoms with E-state index in [1.54, 1.807) is 6.92 Å². The van der Waals surface area contributed by atoms with Crippen LogP contribution in [0.25, 0.3) is 0 Å². The number of H-pyrrole nitrogens is 1. The van der Waals surface area contributed by atoms with Crippen LogP contribution in [-0.2, 0) is 16.3 Å². The van der Waals surface area contributed by atoms with Crippen molar-refractivity contribution in [2.75, 3.05) is 12.0 Å². The van der Waals surface area contributed by atoms with Crippen molar-refractivity contribution in [2.24, 2.45) is 0 Å². The fourth-order valence-corrected chi connectivity index (χ4v) is 1.79. The molecule has 0 aliphatic carbocycles. The van der Waals surface area contributed by atoms with Gasteiger partial charge in [0, 0.05) is 6.26 Å². The first-order chi connectivity index (χ1) is 7.27. The van der Waals surface area contributed by atoms with E-state index in [0.29, 0.717) is 12.0 Å². The fraction of sp³-hybridized carbons (Fsp3) is 0.556. The number of anilines is 1. The fourth-order valence-electron chi connectivity index (χ4n) is 1.27. The predicted molar refractivity (Wildman–Crippen MR) is 61.9 cm³/mol. The van der Waals surface area contributed by atoms with E-state index in [0.717, 1.165) is 6.26 Å². The average molecular weight is 245 g/mol. The van der Waals surface area contributed by atoms with Crippen LogP contribution in [0.2, 0.25) is 0 Å². The quantitative estimate of drug-likeness (QED) is 0.780. The highest BCUT2D eigenvalue weighted by molar-refractivity contribution is 7.90. The van der Waals surface area contributed by atoms with Gasteiger partial charge in [0.15, 0.2) is 9.84 Å². The highest BCUT2D eigenvalue weighted by Gasteiger charge is 2.21. The maximum atomic E-state index is 11.6. The zero-order chi connectivity index (χ0) is 12.5. The lowest BCUT2D eigenvalue weighted by Crippen LogP contribution is -2.22. The van der Waals surface area contributed by atoms with E-state index in [4.69, 9.17) is 5.73 Å². The molecule has 1 aromatic heterocycles. The van der Waals surface area contributed by atoms with Crippen molar-refractivity contribution in [1.29, 1.82) is 0 Å². The Labute approximate surface area is 93.8 Å². The van der Waals surface area contributed by atoms with E-state index >= 15 is 0 Å². The molecular formula is C9H15N3O3S.